The highest BCUT2D eigenvalue weighted by atomic mass is 16.5. The highest BCUT2D eigenvalue weighted by Gasteiger charge is 2.22. The van der Waals surface area contributed by atoms with Gasteiger partial charge in [0.15, 0.2) is 6.10 Å². The lowest BCUT2D eigenvalue weighted by molar-refractivity contribution is -0.137. The van der Waals surface area contributed by atoms with Crippen LogP contribution in [0.25, 0.3) is 0 Å². The van der Waals surface area contributed by atoms with Gasteiger partial charge in [0.05, 0.1) is 0 Å². The minimum absolute atomic E-state index is 0.107. The van der Waals surface area contributed by atoms with Crippen molar-refractivity contribution in [3.8, 4) is 5.75 Å². The average molecular weight is 337 g/mol. The first-order valence-electron chi connectivity index (χ1n) is 9.31. The van der Waals surface area contributed by atoms with Crippen LogP contribution in [0.1, 0.15) is 43.7 Å². The largest absolute Gasteiger partial charge is 0.481 e. The second-order valence-corrected chi connectivity index (χ2v) is 6.81. The molecule has 3 rings (SSSR count). The lowest BCUT2D eigenvalue weighted by atomic mass is 10.1. The summed E-state index contributed by atoms with van der Waals surface area (Å²) in [5, 5.41) is 0. The van der Waals surface area contributed by atoms with Crippen molar-refractivity contribution in [3.05, 3.63) is 65.7 Å². The molecular formula is C22H27NO2. The Morgan fingerprint density at radius 1 is 0.920 bits per heavy atom. The van der Waals surface area contributed by atoms with Gasteiger partial charge in [0.25, 0.3) is 5.91 Å². The Hall–Kier alpha value is -2.29. The highest BCUT2D eigenvalue weighted by molar-refractivity contribution is 5.80. The first kappa shape index (κ1) is 17.5. The Labute approximate surface area is 150 Å². The molecule has 0 radical (unpaired) electrons. The predicted octanol–water partition coefficient (Wildman–Crippen LogP) is 4.45. The van der Waals surface area contributed by atoms with Gasteiger partial charge in [0, 0.05) is 13.1 Å². The van der Waals surface area contributed by atoms with Gasteiger partial charge in [-0.25, -0.2) is 0 Å². The van der Waals surface area contributed by atoms with Crippen LogP contribution in [-0.2, 0) is 11.2 Å². The zero-order chi connectivity index (χ0) is 17.5. The van der Waals surface area contributed by atoms with Crippen LogP contribution in [0.5, 0.6) is 5.75 Å². The lowest BCUT2D eigenvalue weighted by Gasteiger charge is -2.24. The fourth-order valence-corrected chi connectivity index (χ4v) is 3.32. The number of benzene rings is 2. The smallest absolute Gasteiger partial charge is 0.263 e. The molecule has 0 N–H and O–H groups in total. The number of hydrogen-bond donors (Lipinski definition) is 0. The molecule has 0 aromatic heterocycles. The van der Waals surface area contributed by atoms with Crippen molar-refractivity contribution in [3.63, 3.8) is 0 Å². The molecule has 1 fully saturated rings. The van der Waals surface area contributed by atoms with Crippen LogP contribution in [0, 0.1) is 0 Å². The number of rotatable bonds is 5. The summed E-state index contributed by atoms with van der Waals surface area (Å²) >= 11 is 0. The molecule has 1 unspecified atom stereocenters. The zero-order valence-corrected chi connectivity index (χ0v) is 15.0. The van der Waals surface area contributed by atoms with Crippen molar-refractivity contribution in [2.45, 2.75) is 45.1 Å². The van der Waals surface area contributed by atoms with E-state index in [1.54, 1.807) is 0 Å². The van der Waals surface area contributed by atoms with Gasteiger partial charge in [-0.1, -0.05) is 55.3 Å². The number of likely N-dealkylation sites (tertiary alicyclic amines) is 1. The van der Waals surface area contributed by atoms with Crippen LogP contribution in [0.15, 0.2) is 54.6 Å². The van der Waals surface area contributed by atoms with Gasteiger partial charge in [0.2, 0.25) is 0 Å². The van der Waals surface area contributed by atoms with E-state index in [1.807, 2.05) is 30.0 Å². The van der Waals surface area contributed by atoms with Crippen LogP contribution in [0.3, 0.4) is 0 Å². The van der Waals surface area contributed by atoms with Gasteiger partial charge in [0.1, 0.15) is 5.75 Å². The molecule has 132 valence electrons. The number of nitrogens with zero attached hydrogens (tertiary/aromatic N) is 1. The Bertz CT molecular complexity index is 658. The van der Waals surface area contributed by atoms with Gasteiger partial charge >= 0.3 is 0 Å². The zero-order valence-electron chi connectivity index (χ0n) is 15.0. The van der Waals surface area contributed by atoms with E-state index in [4.69, 9.17) is 4.74 Å². The number of amides is 1. The molecule has 2 aromatic rings. The molecule has 1 saturated heterocycles. The summed E-state index contributed by atoms with van der Waals surface area (Å²) in [5.74, 6) is 0.864. The van der Waals surface area contributed by atoms with E-state index >= 15 is 0 Å². The standard InChI is InChI=1S/C22H27NO2/c1-18(22(24)23-15-7-2-3-8-16-23)25-21-13-11-20(12-14-21)17-19-9-5-4-6-10-19/h4-6,9-14,18H,2-3,7-8,15-17H2,1H3. The lowest BCUT2D eigenvalue weighted by Crippen LogP contribution is -2.40. The van der Waals surface area contributed by atoms with Crippen molar-refractivity contribution in [2.24, 2.45) is 0 Å². The maximum absolute atomic E-state index is 12.6. The normalized spacial score (nSPS) is 16.1. The fourth-order valence-electron chi connectivity index (χ4n) is 3.32. The fraction of sp³-hybridized carbons (Fsp3) is 0.409. The minimum Gasteiger partial charge on any atom is -0.481 e. The highest BCUT2D eigenvalue weighted by Crippen LogP contribution is 2.18. The second kappa shape index (κ2) is 8.70. The van der Waals surface area contributed by atoms with E-state index in [1.165, 1.54) is 24.0 Å². The Kier molecular flexibility index (Phi) is 6.10. The van der Waals surface area contributed by atoms with E-state index in [9.17, 15) is 4.79 Å². The van der Waals surface area contributed by atoms with Gasteiger partial charge in [-0.2, -0.15) is 0 Å². The first-order valence-corrected chi connectivity index (χ1v) is 9.31. The van der Waals surface area contributed by atoms with Crippen molar-refractivity contribution in [1.82, 2.24) is 4.90 Å². The molecule has 3 nitrogen and oxygen atoms in total. The summed E-state index contributed by atoms with van der Waals surface area (Å²) in [7, 11) is 0. The Morgan fingerprint density at radius 2 is 1.52 bits per heavy atom. The van der Waals surface area contributed by atoms with Crippen LogP contribution >= 0.6 is 0 Å². The third kappa shape index (κ3) is 5.09. The summed E-state index contributed by atoms with van der Waals surface area (Å²) in [6.07, 6.45) is 5.13. The van der Waals surface area contributed by atoms with E-state index in [2.05, 4.69) is 36.4 Å². The summed E-state index contributed by atoms with van der Waals surface area (Å²) in [4.78, 5) is 14.5. The van der Waals surface area contributed by atoms with Crippen LogP contribution in [-0.4, -0.2) is 30.0 Å². The quantitative estimate of drug-likeness (QED) is 0.807. The van der Waals surface area contributed by atoms with Crippen LogP contribution in [0.2, 0.25) is 0 Å². The molecule has 0 spiro atoms. The molecule has 0 aliphatic carbocycles. The molecule has 1 amide bonds. The summed E-state index contributed by atoms with van der Waals surface area (Å²) in [5.41, 5.74) is 2.53. The summed E-state index contributed by atoms with van der Waals surface area (Å²) in [6, 6.07) is 18.5. The van der Waals surface area contributed by atoms with E-state index in [0.29, 0.717) is 0 Å². The van der Waals surface area contributed by atoms with E-state index in [-0.39, 0.29) is 5.91 Å². The molecule has 3 heteroatoms. The minimum atomic E-state index is -0.432. The monoisotopic (exact) mass is 337 g/mol. The average Bonchev–Trinajstić information content (AvgIpc) is 2.93. The maximum Gasteiger partial charge on any atom is 0.263 e. The van der Waals surface area contributed by atoms with Gasteiger partial charge < -0.3 is 9.64 Å². The molecule has 1 atom stereocenters. The van der Waals surface area contributed by atoms with Crippen molar-refractivity contribution in [1.29, 1.82) is 0 Å². The van der Waals surface area contributed by atoms with Crippen LogP contribution in [0.4, 0.5) is 0 Å². The van der Waals surface area contributed by atoms with Crippen LogP contribution < -0.4 is 4.74 Å². The number of ether oxygens (including phenoxy) is 1. The topological polar surface area (TPSA) is 29.5 Å². The molecule has 1 aliphatic rings. The predicted molar refractivity (Wildman–Crippen MR) is 101 cm³/mol. The second-order valence-electron chi connectivity index (χ2n) is 6.81. The first-order chi connectivity index (χ1) is 12.2. The molecule has 0 saturated carbocycles. The van der Waals surface area contributed by atoms with Gasteiger partial charge in [-0.05, 0) is 49.4 Å². The van der Waals surface area contributed by atoms with Gasteiger partial charge in [-0.15, -0.1) is 0 Å². The maximum atomic E-state index is 12.6. The molecule has 1 aliphatic heterocycles. The number of carbonyl (C=O) groups excluding carboxylic acids is 1. The molecule has 1 heterocycles. The van der Waals surface area contributed by atoms with Crippen molar-refractivity contribution >= 4 is 5.91 Å². The van der Waals surface area contributed by atoms with Gasteiger partial charge in [-0.3, -0.25) is 4.79 Å². The van der Waals surface area contributed by atoms with Crippen molar-refractivity contribution in [2.75, 3.05) is 13.1 Å². The summed E-state index contributed by atoms with van der Waals surface area (Å²) < 4.78 is 5.88. The molecule has 2 aromatic carbocycles. The SMILES string of the molecule is CC(Oc1ccc(Cc2ccccc2)cc1)C(=O)N1CCCCCC1. The number of carbonyl (C=O) groups is 1. The van der Waals surface area contributed by atoms with E-state index < -0.39 is 6.10 Å². The Balaban J connectivity index is 1.56. The summed E-state index contributed by atoms with van der Waals surface area (Å²) in [6.45, 7) is 3.58. The molecule has 25 heavy (non-hydrogen) atoms. The molecular weight excluding hydrogens is 310 g/mol. The molecule has 0 bridgehead atoms. The van der Waals surface area contributed by atoms with Crippen molar-refractivity contribution < 1.29 is 9.53 Å². The Morgan fingerprint density at radius 3 is 2.16 bits per heavy atom. The number of hydrogen-bond acceptors (Lipinski definition) is 2. The van der Waals surface area contributed by atoms with E-state index in [0.717, 1.165) is 38.1 Å². The third-order valence-electron chi connectivity index (χ3n) is 4.75. The third-order valence-corrected chi connectivity index (χ3v) is 4.75.